The van der Waals surface area contributed by atoms with Crippen molar-refractivity contribution in [2.75, 3.05) is 11.9 Å². The summed E-state index contributed by atoms with van der Waals surface area (Å²) in [5.41, 5.74) is 5.79. The number of halogens is 1. The maximum Gasteiger partial charge on any atom is 0.411 e. The van der Waals surface area contributed by atoms with Crippen molar-refractivity contribution in [3.63, 3.8) is 0 Å². The van der Waals surface area contributed by atoms with Gasteiger partial charge in [0.2, 0.25) is 5.91 Å². The van der Waals surface area contributed by atoms with Gasteiger partial charge >= 0.3 is 6.09 Å². The highest BCUT2D eigenvalue weighted by atomic mass is 19.1. The number of hydrazine groups is 1. The first kappa shape index (κ1) is 18.9. The predicted octanol–water partition coefficient (Wildman–Crippen LogP) is 2.40. The number of carbonyl (C=O) groups excluding carboxylic acids is 3. The van der Waals surface area contributed by atoms with Gasteiger partial charge < -0.3 is 4.74 Å². The Morgan fingerprint density at radius 1 is 1.04 bits per heavy atom. The van der Waals surface area contributed by atoms with Gasteiger partial charge in [-0.05, 0) is 42.8 Å². The molecule has 0 aliphatic rings. The first-order valence-electron chi connectivity index (χ1n) is 7.85. The van der Waals surface area contributed by atoms with Crippen LogP contribution in [-0.4, -0.2) is 24.5 Å². The van der Waals surface area contributed by atoms with Crippen molar-refractivity contribution < 1.29 is 23.5 Å². The Morgan fingerprint density at radius 2 is 1.77 bits per heavy atom. The summed E-state index contributed by atoms with van der Waals surface area (Å²) < 4.78 is 17.6. The molecule has 2 aromatic rings. The largest absolute Gasteiger partial charge is 0.450 e. The van der Waals surface area contributed by atoms with Gasteiger partial charge in [0, 0.05) is 11.3 Å². The molecule has 0 saturated carbocycles. The summed E-state index contributed by atoms with van der Waals surface area (Å²) in [6, 6.07) is 11.6. The van der Waals surface area contributed by atoms with E-state index in [-0.39, 0.29) is 18.6 Å². The Kier molecular flexibility index (Phi) is 6.67. The molecular formula is C18H18FN3O4. The molecule has 0 atom stereocenters. The topological polar surface area (TPSA) is 96.5 Å². The molecular weight excluding hydrogens is 341 g/mol. The Morgan fingerprint density at radius 3 is 2.46 bits per heavy atom. The molecule has 0 saturated heterocycles. The van der Waals surface area contributed by atoms with Crippen molar-refractivity contribution in [1.29, 1.82) is 0 Å². The fourth-order valence-corrected chi connectivity index (χ4v) is 2.05. The van der Waals surface area contributed by atoms with Crippen LogP contribution < -0.4 is 16.2 Å². The molecule has 2 rings (SSSR count). The lowest BCUT2D eigenvalue weighted by atomic mass is 10.1. The standard InChI is InChI=1S/C18H18FN3O4/c1-2-26-18(25)20-15-5-3-4-13(11-15)17(24)22-21-16(23)10-12-6-8-14(19)9-7-12/h3-9,11H,2,10H2,1H3,(H,20,25)(H,21,23)(H,22,24). The molecule has 2 aromatic carbocycles. The average Bonchev–Trinajstić information content (AvgIpc) is 2.62. The van der Waals surface area contributed by atoms with Gasteiger partial charge in [0.15, 0.2) is 0 Å². The van der Waals surface area contributed by atoms with Crippen molar-refractivity contribution in [3.8, 4) is 0 Å². The van der Waals surface area contributed by atoms with Crippen LogP contribution in [0.15, 0.2) is 48.5 Å². The highest BCUT2D eigenvalue weighted by Crippen LogP contribution is 2.11. The summed E-state index contributed by atoms with van der Waals surface area (Å²) in [5, 5.41) is 2.48. The molecule has 7 nitrogen and oxygen atoms in total. The van der Waals surface area contributed by atoms with E-state index in [2.05, 4.69) is 16.2 Å². The highest BCUT2D eigenvalue weighted by Gasteiger charge is 2.10. The summed E-state index contributed by atoms with van der Waals surface area (Å²) in [4.78, 5) is 35.3. The van der Waals surface area contributed by atoms with Crippen LogP contribution in [0.1, 0.15) is 22.8 Å². The minimum absolute atomic E-state index is 0.00892. The van der Waals surface area contributed by atoms with Crippen LogP contribution in [-0.2, 0) is 16.0 Å². The lowest BCUT2D eigenvalue weighted by Gasteiger charge is -2.09. The zero-order chi connectivity index (χ0) is 18.9. The van der Waals surface area contributed by atoms with Crippen LogP contribution in [0.3, 0.4) is 0 Å². The van der Waals surface area contributed by atoms with Crippen molar-refractivity contribution in [1.82, 2.24) is 10.9 Å². The first-order valence-corrected chi connectivity index (χ1v) is 7.85. The van der Waals surface area contributed by atoms with Gasteiger partial charge in [-0.3, -0.25) is 25.8 Å². The van der Waals surface area contributed by atoms with E-state index in [9.17, 15) is 18.8 Å². The van der Waals surface area contributed by atoms with E-state index < -0.39 is 23.7 Å². The van der Waals surface area contributed by atoms with Crippen LogP contribution >= 0.6 is 0 Å². The molecule has 3 amide bonds. The van der Waals surface area contributed by atoms with E-state index in [0.29, 0.717) is 11.3 Å². The number of hydrogen-bond acceptors (Lipinski definition) is 4. The average molecular weight is 359 g/mol. The smallest absolute Gasteiger partial charge is 0.411 e. The number of benzene rings is 2. The number of amides is 3. The van der Waals surface area contributed by atoms with Crippen LogP contribution in [0.5, 0.6) is 0 Å². The molecule has 0 radical (unpaired) electrons. The van der Waals surface area contributed by atoms with Gasteiger partial charge in [-0.25, -0.2) is 9.18 Å². The third-order valence-corrected chi connectivity index (χ3v) is 3.24. The zero-order valence-corrected chi connectivity index (χ0v) is 14.0. The van der Waals surface area contributed by atoms with E-state index in [1.54, 1.807) is 19.1 Å². The minimum Gasteiger partial charge on any atom is -0.450 e. The second kappa shape index (κ2) is 9.16. The van der Waals surface area contributed by atoms with Gasteiger partial charge in [-0.1, -0.05) is 18.2 Å². The second-order valence-corrected chi connectivity index (χ2v) is 5.23. The molecule has 8 heteroatoms. The van der Waals surface area contributed by atoms with Gasteiger partial charge in [-0.15, -0.1) is 0 Å². The van der Waals surface area contributed by atoms with Crippen molar-refractivity contribution in [2.24, 2.45) is 0 Å². The molecule has 3 N–H and O–H groups in total. The number of carbonyl (C=O) groups is 3. The molecule has 0 spiro atoms. The fourth-order valence-electron chi connectivity index (χ4n) is 2.05. The molecule has 0 aliphatic heterocycles. The van der Waals surface area contributed by atoms with Crippen molar-refractivity contribution in [2.45, 2.75) is 13.3 Å². The Bertz CT molecular complexity index is 793. The SMILES string of the molecule is CCOC(=O)Nc1cccc(C(=O)NNC(=O)Cc2ccc(F)cc2)c1. The van der Waals surface area contributed by atoms with E-state index in [1.807, 2.05) is 0 Å². The minimum atomic E-state index is -0.627. The third kappa shape index (κ3) is 5.90. The Balaban J connectivity index is 1.88. The van der Waals surface area contributed by atoms with Gasteiger partial charge in [0.1, 0.15) is 5.82 Å². The van der Waals surface area contributed by atoms with E-state index >= 15 is 0 Å². The molecule has 0 aliphatic carbocycles. The Labute approximate surface area is 149 Å². The van der Waals surface area contributed by atoms with Crippen molar-refractivity contribution in [3.05, 3.63) is 65.5 Å². The zero-order valence-electron chi connectivity index (χ0n) is 14.0. The molecule has 26 heavy (non-hydrogen) atoms. The van der Waals surface area contributed by atoms with Gasteiger partial charge in [0.05, 0.1) is 13.0 Å². The number of hydrogen-bond donors (Lipinski definition) is 3. The van der Waals surface area contributed by atoms with E-state index in [1.165, 1.54) is 36.4 Å². The summed E-state index contributed by atoms with van der Waals surface area (Å²) in [6.07, 6.45) is -0.636. The lowest BCUT2D eigenvalue weighted by Crippen LogP contribution is -2.42. The normalized spacial score (nSPS) is 9.92. The number of nitrogens with one attached hydrogen (secondary N) is 3. The molecule has 0 fully saturated rings. The summed E-state index contributed by atoms with van der Waals surface area (Å²) in [7, 11) is 0. The van der Waals surface area contributed by atoms with E-state index in [4.69, 9.17) is 4.74 Å². The third-order valence-electron chi connectivity index (χ3n) is 3.24. The molecule has 136 valence electrons. The van der Waals surface area contributed by atoms with Crippen LogP contribution in [0.25, 0.3) is 0 Å². The maximum atomic E-state index is 12.8. The highest BCUT2D eigenvalue weighted by molar-refractivity contribution is 5.97. The Hall–Kier alpha value is -3.42. The maximum absolute atomic E-state index is 12.8. The lowest BCUT2D eigenvalue weighted by molar-refractivity contribution is -0.121. The molecule has 0 unspecified atom stereocenters. The second-order valence-electron chi connectivity index (χ2n) is 5.23. The fraction of sp³-hybridized carbons (Fsp3) is 0.167. The van der Waals surface area contributed by atoms with Crippen LogP contribution in [0.2, 0.25) is 0 Å². The summed E-state index contributed by atoms with van der Waals surface area (Å²) in [6.45, 7) is 1.91. The van der Waals surface area contributed by atoms with Gasteiger partial charge in [0.25, 0.3) is 5.91 Å². The number of anilines is 1. The molecule has 0 bridgehead atoms. The molecule has 0 aromatic heterocycles. The molecule has 0 heterocycles. The number of ether oxygens (including phenoxy) is 1. The monoisotopic (exact) mass is 359 g/mol. The summed E-state index contributed by atoms with van der Waals surface area (Å²) >= 11 is 0. The van der Waals surface area contributed by atoms with E-state index in [0.717, 1.165) is 0 Å². The first-order chi connectivity index (χ1) is 12.5. The van der Waals surface area contributed by atoms with Crippen LogP contribution in [0, 0.1) is 5.82 Å². The summed E-state index contributed by atoms with van der Waals surface area (Å²) in [5.74, 6) is -1.39. The van der Waals surface area contributed by atoms with Gasteiger partial charge in [-0.2, -0.15) is 0 Å². The van der Waals surface area contributed by atoms with Crippen LogP contribution in [0.4, 0.5) is 14.9 Å². The number of rotatable bonds is 5. The van der Waals surface area contributed by atoms with Crippen molar-refractivity contribution >= 4 is 23.6 Å². The predicted molar refractivity (Wildman–Crippen MR) is 92.8 cm³/mol. The quantitative estimate of drug-likeness (QED) is 0.714.